The molecule has 0 aliphatic carbocycles. The van der Waals surface area contributed by atoms with Crippen LogP contribution in [-0.4, -0.2) is 34.1 Å². The molecule has 1 aromatic rings. The zero-order valence-corrected chi connectivity index (χ0v) is 7.93. The topological polar surface area (TPSA) is 64.4 Å². The van der Waals surface area contributed by atoms with Gasteiger partial charge in [0, 0.05) is 25.8 Å². The minimum absolute atomic E-state index is 0.141. The van der Waals surface area contributed by atoms with E-state index >= 15 is 0 Å². The Morgan fingerprint density at radius 2 is 2.57 bits per heavy atom. The number of aryl methyl sites for hydroxylation is 1. The van der Waals surface area contributed by atoms with Gasteiger partial charge in [0.2, 0.25) is 0 Å². The van der Waals surface area contributed by atoms with Gasteiger partial charge < -0.3 is 9.84 Å². The Balaban J connectivity index is 2.35. The lowest BCUT2D eigenvalue weighted by molar-refractivity contribution is 0.0695. The highest BCUT2D eigenvalue weighted by Crippen LogP contribution is 2.26. The van der Waals surface area contributed by atoms with Crippen LogP contribution in [0.3, 0.4) is 0 Å². The molecule has 2 rings (SSSR count). The highest BCUT2D eigenvalue weighted by molar-refractivity contribution is 5.88. The zero-order valence-electron chi connectivity index (χ0n) is 7.93. The van der Waals surface area contributed by atoms with Gasteiger partial charge in [-0.05, 0) is 6.42 Å². The summed E-state index contributed by atoms with van der Waals surface area (Å²) in [7, 11) is 1.73. The lowest BCUT2D eigenvalue weighted by atomic mass is 10.0. The summed E-state index contributed by atoms with van der Waals surface area (Å²) in [5, 5.41) is 13.1. The third-order valence-electron chi connectivity index (χ3n) is 2.40. The molecule has 1 atom stereocenters. The second-order valence-corrected chi connectivity index (χ2v) is 3.47. The molecule has 1 aliphatic heterocycles. The first-order valence-electron chi connectivity index (χ1n) is 4.53. The fourth-order valence-corrected chi connectivity index (χ4v) is 1.72. The van der Waals surface area contributed by atoms with Gasteiger partial charge in [0.05, 0.1) is 12.3 Å². The van der Waals surface area contributed by atoms with Crippen LogP contribution in [0.5, 0.6) is 0 Å². The molecular weight excluding hydrogens is 184 g/mol. The Bertz CT molecular complexity index is 353. The lowest BCUT2D eigenvalue weighted by Crippen LogP contribution is -2.06. The fourth-order valence-electron chi connectivity index (χ4n) is 1.72. The Labute approximate surface area is 81.3 Å². The van der Waals surface area contributed by atoms with Crippen LogP contribution in [0.4, 0.5) is 0 Å². The van der Waals surface area contributed by atoms with E-state index in [1.807, 2.05) is 0 Å². The Hall–Kier alpha value is -1.36. The molecule has 0 aromatic carbocycles. The average Bonchev–Trinajstić information content (AvgIpc) is 2.70. The van der Waals surface area contributed by atoms with Crippen molar-refractivity contribution in [1.82, 2.24) is 9.78 Å². The predicted octanol–water partition coefficient (Wildman–Crippen LogP) is 0.622. The molecule has 1 aromatic heterocycles. The number of aromatic nitrogens is 2. The maximum atomic E-state index is 10.9. The minimum Gasteiger partial charge on any atom is -0.478 e. The Morgan fingerprint density at radius 3 is 3.14 bits per heavy atom. The molecule has 76 valence electrons. The number of carbonyl (C=O) groups is 1. The number of rotatable bonds is 2. The number of hydrogen-bond acceptors (Lipinski definition) is 3. The molecule has 1 fully saturated rings. The van der Waals surface area contributed by atoms with Gasteiger partial charge in [0.15, 0.2) is 0 Å². The van der Waals surface area contributed by atoms with Crippen LogP contribution in [0.2, 0.25) is 0 Å². The molecule has 0 radical (unpaired) electrons. The number of aromatic carboxylic acids is 1. The zero-order chi connectivity index (χ0) is 10.1. The Kier molecular flexibility index (Phi) is 2.25. The molecular formula is C9H12N2O3. The summed E-state index contributed by atoms with van der Waals surface area (Å²) < 4.78 is 6.75. The van der Waals surface area contributed by atoms with E-state index in [0.717, 1.165) is 6.42 Å². The summed E-state index contributed by atoms with van der Waals surface area (Å²) in [4.78, 5) is 10.9. The molecule has 0 saturated carbocycles. The predicted molar refractivity (Wildman–Crippen MR) is 48.3 cm³/mol. The van der Waals surface area contributed by atoms with Gasteiger partial charge in [0.25, 0.3) is 0 Å². The quantitative estimate of drug-likeness (QED) is 0.753. The first-order chi connectivity index (χ1) is 6.68. The van der Waals surface area contributed by atoms with E-state index in [0.29, 0.717) is 24.5 Å². The summed E-state index contributed by atoms with van der Waals surface area (Å²) >= 11 is 0. The van der Waals surface area contributed by atoms with Gasteiger partial charge in [-0.3, -0.25) is 4.68 Å². The molecule has 0 amide bonds. The van der Waals surface area contributed by atoms with Crippen LogP contribution in [0.1, 0.15) is 28.4 Å². The van der Waals surface area contributed by atoms with E-state index < -0.39 is 5.97 Å². The second-order valence-electron chi connectivity index (χ2n) is 3.47. The minimum atomic E-state index is -0.917. The van der Waals surface area contributed by atoms with E-state index in [2.05, 4.69) is 5.10 Å². The van der Waals surface area contributed by atoms with Crippen molar-refractivity contribution < 1.29 is 14.6 Å². The van der Waals surface area contributed by atoms with E-state index in [9.17, 15) is 4.79 Å². The van der Waals surface area contributed by atoms with Crippen molar-refractivity contribution in [3.63, 3.8) is 0 Å². The van der Waals surface area contributed by atoms with E-state index in [1.165, 1.54) is 10.9 Å². The fraction of sp³-hybridized carbons (Fsp3) is 0.556. The SMILES string of the molecule is Cn1cc(C(=O)O)c([C@H]2CCOC2)n1. The molecule has 0 spiro atoms. The molecule has 0 bridgehead atoms. The summed E-state index contributed by atoms with van der Waals surface area (Å²) in [6, 6.07) is 0. The van der Waals surface area contributed by atoms with Gasteiger partial charge in [-0.1, -0.05) is 0 Å². The summed E-state index contributed by atoms with van der Waals surface area (Å²) in [5.74, 6) is -0.776. The summed E-state index contributed by atoms with van der Waals surface area (Å²) in [6.45, 7) is 1.28. The summed E-state index contributed by atoms with van der Waals surface area (Å²) in [5.41, 5.74) is 0.945. The van der Waals surface area contributed by atoms with Crippen LogP contribution >= 0.6 is 0 Å². The van der Waals surface area contributed by atoms with Gasteiger partial charge in [0.1, 0.15) is 5.56 Å². The first kappa shape index (κ1) is 9.21. The number of hydrogen-bond donors (Lipinski definition) is 1. The van der Waals surface area contributed by atoms with Crippen molar-refractivity contribution >= 4 is 5.97 Å². The molecule has 1 N–H and O–H groups in total. The Morgan fingerprint density at radius 1 is 1.79 bits per heavy atom. The molecule has 0 unspecified atom stereocenters. The van der Waals surface area contributed by atoms with Crippen molar-refractivity contribution in [2.45, 2.75) is 12.3 Å². The molecule has 5 nitrogen and oxygen atoms in total. The van der Waals surface area contributed by atoms with E-state index in [-0.39, 0.29) is 5.92 Å². The van der Waals surface area contributed by atoms with Crippen molar-refractivity contribution in [3.8, 4) is 0 Å². The summed E-state index contributed by atoms with van der Waals surface area (Å²) in [6.07, 6.45) is 2.40. The molecule has 1 aliphatic rings. The maximum Gasteiger partial charge on any atom is 0.339 e. The van der Waals surface area contributed by atoms with Crippen LogP contribution in [-0.2, 0) is 11.8 Å². The van der Waals surface area contributed by atoms with Gasteiger partial charge in [-0.25, -0.2) is 4.79 Å². The highest BCUT2D eigenvalue weighted by Gasteiger charge is 2.26. The van der Waals surface area contributed by atoms with Crippen molar-refractivity contribution in [1.29, 1.82) is 0 Å². The van der Waals surface area contributed by atoms with Gasteiger partial charge in [-0.15, -0.1) is 0 Å². The van der Waals surface area contributed by atoms with Crippen molar-refractivity contribution in [2.24, 2.45) is 7.05 Å². The number of carboxylic acids is 1. The molecule has 14 heavy (non-hydrogen) atoms. The number of ether oxygens (including phenoxy) is 1. The number of carboxylic acid groups (broad SMARTS) is 1. The van der Waals surface area contributed by atoms with E-state index in [1.54, 1.807) is 7.05 Å². The molecule has 1 saturated heterocycles. The molecule has 5 heteroatoms. The van der Waals surface area contributed by atoms with E-state index in [4.69, 9.17) is 9.84 Å². The average molecular weight is 196 g/mol. The highest BCUT2D eigenvalue weighted by atomic mass is 16.5. The van der Waals surface area contributed by atoms with Crippen LogP contribution in [0, 0.1) is 0 Å². The normalized spacial score (nSPS) is 21.4. The second kappa shape index (κ2) is 3.42. The smallest absolute Gasteiger partial charge is 0.339 e. The lowest BCUT2D eigenvalue weighted by Gasteiger charge is -2.03. The molecule has 2 heterocycles. The third kappa shape index (κ3) is 1.50. The van der Waals surface area contributed by atoms with Gasteiger partial charge in [-0.2, -0.15) is 5.10 Å². The first-order valence-corrected chi connectivity index (χ1v) is 4.53. The van der Waals surface area contributed by atoms with Crippen LogP contribution in [0.25, 0.3) is 0 Å². The number of nitrogens with zero attached hydrogens (tertiary/aromatic N) is 2. The van der Waals surface area contributed by atoms with Crippen LogP contribution in [0.15, 0.2) is 6.20 Å². The largest absolute Gasteiger partial charge is 0.478 e. The van der Waals surface area contributed by atoms with Crippen molar-refractivity contribution in [3.05, 3.63) is 17.5 Å². The monoisotopic (exact) mass is 196 g/mol. The maximum absolute atomic E-state index is 10.9. The standard InChI is InChI=1S/C9H12N2O3/c1-11-4-7(9(12)13)8(10-11)6-2-3-14-5-6/h4,6H,2-3,5H2,1H3,(H,12,13)/t6-/m0/s1. The van der Waals surface area contributed by atoms with Gasteiger partial charge >= 0.3 is 5.97 Å². The van der Waals surface area contributed by atoms with Crippen LogP contribution < -0.4 is 0 Å². The van der Waals surface area contributed by atoms with Crippen molar-refractivity contribution in [2.75, 3.05) is 13.2 Å². The third-order valence-corrected chi connectivity index (χ3v) is 2.40.